The molecule has 0 aromatic heterocycles. The number of carboxylic acid groups (broad SMARTS) is 1. The summed E-state index contributed by atoms with van der Waals surface area (Å²) in [5, 5.41) is 25.5. The van der Waals surface area contributed by atoms with Crippen LogP contribution in [0.1, 0.15) is 30.4 Å². The molecule has 0 spiro atoms. The van der Waals surface area contributed by atoms with Crippen molar-refractivity contribution in [1.82, 2.24) is 16.0 Å². The Morgan fingerprint density at radius 1 is 0.750 bits per heavy atom. The molecule has 2 atom stereocenters. The van der Waals surface area contributed by atoms with E-state index in [1.165, 1.54) is 0 Å². The van der Waals surface area contributed by atoms with Gasteiger partial charge in [-0.3, -0.25) is 4.79 Å². The van der Waals surface area contributed by atoms with Crippen LogP contribution in [-0.2, 0) is 32.3 Å². The Hall–Kier alpha value is -4.12. The molecule has 0 fully saturated rings. The van der Waals surface area contributed by atoms with Gasteiger partial charge in [0.15, 0.2) is 0 Å². The molecular weight excluding hydrogens is 470 g/mol. The van der Waals surface area contributed by atoms with Gasteiger partial charge in [-0.15, -0.1) is 0 Å². The third kappa shape index (κ3) is 10.9. The molecule has 194 valence electrons. The summed E-state index contributed by atoms with van der Waals surface area (Å²) in [5.41, 5.74) is 1.61. The number of carboxylic acids is 1. The minimum absolute atomic E-state index is 0.00951. The second-order valence-corrected chi connectivity index (χ2v) is 7.82. The zero-order valence-corrected chi connectivity index (χ0v) is 19.7. The molecule has 0 heterocycles. The fraction of sp³-hybridized carbons (Fsp3) is 0.360. The third-order valence-electron chi connectivity index (χ3n) is 5.02. The first-order chi connectivity index (χ1) is 17.4. The first-order valence-corrected chi connectivity index (χ1v) is 11.4. The zero-order chi connectivity index (χ0) is 26.2. The number of hydrogen-bond donors (Lipinski definition) is 5. The number of aliphatic carboxylic acids is 1. The standard InChI is InChI=1S/C25H31N3O8/c29-15-21(23(31)32)27-22(30)20(28-25(34)36-17-19-11-5-2-6-12-19)13-7-8-14-26-24(33)35-16-18-9-3-1-4-10-18/h1-6,9-12,20-21,29H,7-8,13-17H2,(H,26,33)(H,27,30)(H,28,34)(H,31,32)/t20-,21-/m1/s1. The van der Waals surface area contributed by atoms with Crippen LogP contribution in [0.4, 0.5) is 9.59 Å². The third-order valence-corrected chi connectivity index (χ3v) is 5.02. The highest BCUT2D eigenvalue weighted by atomic mass is 16.6. The quantitative estimate of drug-likeness (QED) is 0.245. The molecule has 0 unspecified atom stereocenters. The van der Waals surface area contributed by atoms with E-state index in [-0.39, 0.29) is 26.2 Å². The maximum atomic E-state index is 12.6. The van der Waals surface area contributed by atoms with Crippen LogP contribution in [-0.4, -0.2) is 59.5 Å². The Kier molecular flexibility index (Phi) is 12.3. The van der Waals surface area contributed by atoms with E-state index in [0.29, 0.717) is 12.8 Å². The molecular formula is C25H31N3O8. The Balaban J connectivity index is 1.79. The lowest BCUT2D eigenvalue weighted by atomic mass is 10.1. The van der Waals surface area contributed by atoms with Gasteiger partial charge in [0.25, 0.3) is 0 Å². The van der Waals surface area contributed by atoms with Crippen molar-refractivity contribution in [2.75, 3.05) is 13.2 Å². The maximum absolute atomic E-state index is 12.6. The van der Waals surface area contributed by atoms with E-state index >= 15 is 0 Å². The molecule has 0 aliphatic carbocycles. The first-order valence-electron chi connectivity index (χ1n) is 11.4. The molecule has 11 nitrogen and oxygen atoms in total. The lowest BCUT2D eigenvalue weighted by molar-refractivity contribution is -0.143. The van der Waals surface area contributed by atoms with Gasteiger partial charge in [-0.1, -0.05) is 60.7 Å². The van der Waals surface area contributed by atoms with Crippen LogP contribution in [0.15, 0.2) is 60.7 Å². The van der Waals surface area contributed by atoms with Crippen LogP contribution >= 0.6 is 0 Å². The van der Waals surface area contributed by atoms with Gasteiger partial charge in [0, 0.05) is 6.54 Å². The van der Waals surface area contributed by atoms with Gasteiger partial charge in [0.2, 0.25) is 5.91 Å². The van der Waals surface area contributed by atoms with Crippen molar-refractivity contribution in [3.63, 3.8) is 0 Å². The summed E-state index contributed by atoms with van der Waals surface area (Å²) in [7, 11) is 0. The van der Waals surface area contributed by atoms with E-state index in [1.807, 2.05) is 36.4 Å². The monoisotopic (exact) mass is 501 g/mol. The highest BCUT2D eigenvalue weighted by Gasteiger charge is 2.26. The molecule has 0 radical (unpaired) electrons. The van der Waals surface area contributed by atoms with Crippen LogP contribution in [0, 0.1) is 0 Å². The second kappa shape index (κ2) is 15.7. The number of nitrogens with one attached hydrogen (secondary N) is 3. The summed E-state index contributed by atoms with van der Waals surface area (Å²) in [4.78, 5) is 47.8. The highest BCUT2D eigenvalue weighted by Crippen LogP contribution is 2.05. The smallest absolute Gasteiger partial charge is 0.408 e. The van der Waals surface area contributed by atoms with Crippen molar-refractivity contribution in [2.24, 2.45) is 0 Å². The Bertz CT molecular complexity index is 972. The van der Waals surface area contributed by atoms with E-state index in [0.717, 1.165) is 11.1 Å². The zero-order valence-electron chi connectivity index (χ0n) is 19.7. The van der Waals surface area contributed by atoms with Crippen molar-refractivity contribution < 1.29 is 38.9 Å². The number of hydrogen-bond acceptors (Lipinski definition) is 7. The summed E-state index contributed by atoms with van der Waals surface area (Å²) >= 11 is 0. The van der Waals surface area contributed by atoms with E-state index in [1.54, 1.807) is 24.3 Å². The average molecular weight is 502 g/mol. The van der Waals surface area contributed by atoms with Gasteiger partial charge < -0.3 is 35.6 Å². The first kappa shape index (κ1) is 28.1. The summed E-state index contributed by atoms with van der Waals surface area (Å²) < 4.78 is 10.3. The molecule has 2 aromatic carbocycles. The van der Waals surface area contributed by atoms with E-state index in [9.17, 15) is 24.3 Å². The molecule has 11 heteroatoms. The van der Waals surface area contributed by atoms with Crippen LogP contribution in [0.25, 0.3) is 0 Å². The van der Waals surface area contributed by atoms with Crippen LogP contribution in [0.2, 0.25) is 0 Å². The van der Waals surface area contributed by atoms with Gasteiger partial charge in [0.05, 0.1) is 6.61 Å². The highest BCUT2D eigenvalue weighted by molar-refractivity contribution is 5.89. The van der Waals surface area contributed by atoms with Crippen LogP contribution in [0.5, 0.6) is 0 Å². The van der Waals surface area contributed by atoms with E-state index in [4.69, 9.17) is 14.6 Å². The number of ether oxygens (including phenoxy) is 2. The van der Waals surface area contributed by atoms with Gasteiger partial charge in [-0.05, 0) is 30.4 Å². The molecule has 0 saturated heterocycles. The summed E-state index contributed by atoms with van der Waals surface area (Å²) in [6.45, 7) is -0.403. The lowest BCUT2D eigenvalue weighted by Gasteiger charge is -2.20. The molecule has 36 heavy (non-hydrogen) atoms. The molecule has 5 N–H and O–H groups in total. The van der Waals surface area contributed by atoms with Gasteiger partial charge in [-0.25, -0.2) is 14.4 Å². The average Bonchev–Trinajstić information content (AvgIpc) is 2.89. The molecule has 2 rings (SSSR count). The molecule has 0 aliphatic rings. The Morgan fingerprint density at radius 2 is 1.31 bits per heavy atom. The van der Waals surface area contributed by atoms with Crippen molar-refractivity contribution >= 4 is 24.1 Å². The number of rotatable bonds is 14. The molecule has 0 bridgehead atoms. The van der Waals surface area contributed by atoms with Crippen molar-refractivity contribution in [2.45, 2.75) is 44.6 Å². The maximum Gasteiger partial charge on any atom is 0.408 e. The summed E-state index contributed by atoms with van der Waals surface area (Å²) in [5.74, 6) is -2.18. The van der Waals surface area contributed by atoms with Gasteiger partial charge in [-0.2, -0.15) is 0 Å². The largest absolute Gasteiger partial charge is 0.480 e. The Morgan fingerprint density at radius 3 is 1.83 bits per heavy atom. The molecule has 0 aliphatic heterocycles. The minimum atomic E-state index is -1.51. The van der Waals surface area contributed by atoms with E-state index in [2.05, 4.69) is 16.0 Å². The van der Waals surface area contributed by atoms with Crippen LogP contribution < -0.4 is 16.0 Å². The number of carbonyl (C=O) groups is 4. The number of aliphatic hydroxyl groups excluding tert-OH is 1. The minimum Gasteiger partial charge on any atom is -0.480 e. The number of benzene rings is 2. The fourth-order valence-corrected chi connectivity index (χ4v) is 3.07. The summed E-state index contributed by atoms with van der Waals surface area (Å²) in [6.07, 6.45) is -0.411. The van der Waals surface area contributed by atoms with Crippen molar-refractivity contribution in [1.29, 1.82) is 0 Å². The number of amides is 3. The Labute approximate surface area is 208 Å². The number of aliphatic hydroxyl groups is 1. The molecule has 2 aromatic rings. The lowest BCUT2D eigenvalue weighted by Crippen LogP contribution is -2.52. The number of carbonyl (C=O) groups excluding carboxylic acids is 3. The van der Waals surface area contributed by atoms with Crippen molar-refractivity contribution in [3.05, 3.63) is 71.8 Å². The topological polar surface area (TPSA) is 163 Å². The van der Waals surface area contributed by atoms with Crippen LogP contribution in [0.3, 0.4) is 0 Å². The molecule has 3 amide bonds. The number of alkyl carbamates (subject to hydrolysis) is 2. The number of unbranched alkanes of at least 4 members (excludes halogenated alkanes) is 1. The van der Waals surface area contributed by atoms with Gasteiger partial charge in [0.1, 0.15) is 25.3 Å². The normalized spacial score (nSPS) is 12.0. The molecule has 0 saturated carbocycles. The fourth-order valence-electron chi connectivity index (χ4n) is 3.07. The predicted octanol–water partition coefficient (Wildman–Crippen LogP) is 1.94. The van der Waals surface area contributed by atoms with Gasteiger partial charge >= 0.3 is 18.2 Å². The summed E-state index contributed by atoms with van der Waals surface area (Å²) in [6, 6.07) is 15.5. The van der Waals surface area contributed by atoms with Crippen molar-refractivity contribution in [3.8, 4) is 0 Å². The second-order valence-electron chi connectivity index (χ2n) is 7.82. The SMILES string of the molecule is O=C(NCCCC[C@@H](NC(=O)OCc1ccccc1)C(=O)N[C@H](CO)C(=O)O)OCc1ccccc1. The van der Waals surface area contributed by atoms with E-state index < -0.39 is 42.8 Å². The predicted molar refractivity (Wildman–Crippen MR) is 129 cm³/mol.